The molecule has 0 aliphatic carbocycles. The van der Waals surface area contributed by atoms with Gasteiger partial charge in [-0.25, -0.2) is 4.79 Å². The lowest BCUT2D eigenvalue weighted by Gasteiger charge is -2.30. The summed E-state index contributed by atoms with van der Waals surface area (Å²) in [5, 5.41) is 0. The molecule has 0 bridgehead atoms. The van der Waals surface area contributed by atoms with Gasteiger partial charge in [-0.15, -0.1) is 0 Å². The van der Waals surface area contributed by atoms with Gasteiger partial charge in [0.05, 0.1) is 24.8 Å². The highest BCUT2D eigenvalue weighted by Gasteiger charge is 2.41. The minimum absolute atomic E-state index is 0.0150. The van der Waals surface area contributed by atoms with E-state index in [1.165, 1.54) is 0 Å². The molecule has 2 aliphatic heterocycles. The molecular formula is C15H17NO3. The topological polar surface area (TPSA) is 38.8 Å². The highest BCUT2D eigenvalue weighted by atomic mass is 16.6. The molecule has 1 aromatic rings. The fourth-order valence-electron chi connectivity index (χ4n) is 2.69. The molecule has 1 fully saturated rings. The number of hydrogen-bond acceptors (Lipinski definition) is 3. The minimum Gasteiger partial charge on any atom is -0.447 e. The van der Waals surface area contributed by atoms with Crippen molar-refractivity contribution in [1.29, 1.82) is 0 Å². The van der Waals surface area contributed by atoms with Gasteiger partial charge in [0.15, 0.2) is 0 Å². The Morgan fingerprint density at radius 3 is 2.79 bits per heavy atom. The summed E-state index contributed by atoms with van der Waals surface area (Å²) >= 11 is 0. The van der Waals surface area contributed by atoms with Crippen molar-refractivity contribution in [3.63, 3.8) is 0 Å². The van der Waals surface area contributed by atoms with Crippen LogP contribution in [0.25, 0.3) is 0 Å². The van der Waals surface area contributed by atoms with E-state index >= 15 is 0 Å². The fraction of sp³-hybridized carbons (Fsp3) is 0.400. The Labute approximate surface area is 112 Å². The lowest BCUT2D eigenvalue weighted by molar-refractivity contribution is 0.0567. The van der Waals surface area contributed by atoms with Gasteiger partial charge in [0.2, 0.25) is 0 Å². The largest absolute Gasteiger partial charge is 0.447 e. The van der Waals surface area contributed by atoms with Crippen molar-refractivity contribution in [1.82, 2.24) is 4.90 Å². The van der Waals surface area contributed by atoms with Crippen molar-refractivity contribution < 1.29 is 14.3 Å². The minimum atomic E-state index is -0.259. The van der Waals surface area contributed by atoms with E-state index in [1.807, 2.05) is 49.4 Å². The Bertz CT molecular complexity index is 485. The zero-order valence-electron chi connectivity index (χ0n) is 10.9. The van der Waals surface area contributed by atoms with Crippen LogP contribution in [0.15, 0.2) is 42.5 Å². The molecule has 1 aromatic carbocycles. The fourth-order valence-corrected chi connectivity index (χ4v) is 2.69. The van der Waals surface area contributed by atoms with Gasteiger partial charge in [-0.2, -0.15) is 0 Å². The Balaban J connectivity index is 1.84. The van der Waals surface area contributed by atoms with Gasteiger partial charge in [-0.3, -0.25) is 4.90 Å². The average Bonchev–Trinajstić information content (AvgIpc) is 3.08. The Morgan fingerprint density at radius 1 is 1.32 bits per heavy atom. The highest BCUT2D eigenvalue weighted by molar-refractivity contribution is 5.71. The number of cyclic esters (lactones) is 1. The Morgan fingerprint density at radius 2 is 2.11 bits per heavy atom. The van der Waals surface area contributed by atoms with E-state index in [0.717, 1.165) is 5.56 Å². The van der Waals surface area contributed by atoms with Crippen molar-refractivity contribution >= 4 is 6.09 Å². The lowest BCUT2D eigenvalue weighted by atomic mass is 10.0. The van der Waals surface area contributed by atoms with Crippen LogP contribution in [-0.2, 0) is 9.47 Å². The molecule has 0 unspecified atom stereocenters. The summed E-state index contributed by atoms with van der Waals surface area (Å²) in [6.07, 6.45) is 3.68. The highest BCUT2D eigenvalue weighted by Crippen LogP contribution is 2.30. The van der Waals surface area contributed by atoms with Crippen molar-refractivity contribution in [2.75, 3.05) is 13.2 Å². The third-order valence-electron chi connectivity index (χ3n) is 3.73. The summed E-state index contributed by atoms with van der Waals surface area (Å²) in [5.74, 6) is 0. The summed E-state index contributed by atoms with van der Waals surface area (Å²) in [6.45, 7) is 3.03. The molecule has 0 N–H and O–H groups in total. The third-order valence-corrected chi connectivity index (χ3v) is 3.73. The molecule has 3 atom stereocenters. The van der Waals surface area contributed by atoms with Crippen LogP contribution in [0.3, 0.4) is 0 Å². The van der Waals surface area contributed by atoms with Gasteiger partial charge in [-0.05, 0) is 12.5 Å². The first-order chi connectivity index (χ1) is 9.27. The number of benzene rings is 1. The van der Waals surface area contributed by atoms with Gasteiger partial charge in [0, 0.05) is 0 Å². The molecule has 2 heterocycles. The van der Waals surface area contributed by atoms with Gasteiger partial charge in [0.25, 0.3) is 0 Å². The molecule has 4 heteroatoms. The quantitative estimate of drug-likeness (QED) is 0.783. The summed E-state index contributed by atoms with van der Waals surface area (Å²) in [4.78, 5) is 13.8. The van der Waals surface area contributed by atoms with Crippen LogP contribution in [0.2, 0.25) is 0 Å². The summed E-state index contributed by atoms with van der Waals surface area (Å²) in [7, 11) is 0. The number of carbonyl (C=O) groups excluding carboxylic acids is 1. The molecule has 0 aromatic heterocycles. The van der Waals surface area contributed by atoms with Crippen LogP contribution in [0.4, 0.5) is 4.79 Å². The number of rotatable bonds is 3. The zero-order valence-corrected chi connectivity index (χ0v) is 10.9. The van der Waals surface area contributed by atoms with E-state index in [4.69, 9.17) is 9.47 Å². The molecule has 19 heavy (non-hydrogen) atoms. The second kappa shape index (κ2) is 5.05. The van der Waals surface area contributed by atoms with Crippen molar-refractivity contribution in [3.8, 4) is 0 Å². The van der Waals surface area contributed by atoms with Gasteiger partial charge in [-0.1, -0.05) is 42.5 Å². The SMILES string of the molecule is C[C@H](c1ccccc1)N1C(=O)OC[C@@H]1[C@@H]1C=CCO1. The van der Waals surface area contributed by atoms with Crippen molar-refractivity contribution in [3.05, 3.63) is 48.0 Å². The Hall–Kier alpha value is -1.81. The second-order valence-corrected chi connectivity index (χ2v) is 4.86. The third kappa shape index (κ3) is 2.24. The zero-order chi connectivity index (χ0) is 13.2. The molecule has 100 valence electrons. The number of carbonyl (C=O) groups is 1. The summed E-state index contributed by atoms with van der Waals surface area (Å²) in [5.41, 5.74) is 1.10. The van der Waals surface area contributed by atoms with Crippen LogP contribution >= 0.6 is 0 Å². The number of amides is 1. The van der Waals surface area contributed by atoms with Gasteiger partial charge >= 0.3 is 6.09 Å². The predicted octanol–water partition coefficient (Wildman–Crippen LogP) is 2.52. The predicted molar refractivity (Wildman–Crippen MR) is 70.7 cm³/mol. The first-order valence-electron chi connectivity index (χ1n) is 6.55. The van der Waals surface area contributed by atoms with E-state index < -0.39 is 0 Å². The smallest absolute Gasteiger partial charge is 0.410 e. The number of nitrogens with zero attached hydrogens (tertiary/aromatic N) is 1. The van der Waals surface area contributed by atoms with E-state index in [9.17, 15) is 4.79 Å². The molecule has 1 amide bonds. The van der Waals surface area contributed by atoms with Gasteiger partial charge < -0.3 is 9.47 Å². The Kier molecular flexibility index (Phi) is 3.25. The second-order valence-electron chi connectivity index (χ2n) is 4.86. The number of hydrogen-bond donors (Lipinski definition) is 0. The maximum atomic E-state index is 12.0. The number of ether oxygens (including phenoxy) is 2. The average molecular weight is 259 g/mol. The van der Waals surface area contributed by atoms with E-state index in [-0.39, 0.29) is 24.3 Å². The van der Waals surface area contributed by atoms with E-state index in [2.05, 4.69) is 0 Å². The van der Waals surface area contributed by atoms with E-state index in [0.29, 0.717) is 13.2 Å². The van der Waals surface area contributed by atoms with Crippen molar-refractivity contribution in [2.45, 2.75) is 25.1 Å². The maximum absolute atomic E-state index is 12.0. The molecule has 0 saturated carbocycles. The van der Waals surface area contributed by atoms with Crippen LogP contribution in [0.1, 0.15) is 18.5 Å². The summed E-state index contributed by atoms with van der Waals surface area (Å²) < 4.78 is 10.8. The molecule has 2 aliphatic rings. The molecular weight excluding hydrogens is 242 g/mol. The van der Waals surface area contributed by atoms with Crippen LogP contribution in [0, 0.1) is 0 Å². The summed E-state index contributed by atoms with van der Waals surface area (Å²) in [6, 6.07) is 9.93. The standard InChI is InChI=1S/C15H17NO3/c1-11(12-6-3-2-4-7-12)16-13(10-19-15(16)17)14-8-5-9-18-14/h2-8,11,13-14H,9-10H2,1H3/t11-,13-,14+/m1/s1. The van der Waals surface area contributed by atoms with Crippen molar-refractivity contribution in [2.24, 2.45) is 0 Å². The molecule has 0 radical (unpaired) electrons. The molecule has 4 nitrogen and oxygen atoms in total. The first kappa shape index (κ1) is 12.2. The maximum Gasteiger partial charge on any atom is 0.410 e. The lowest BCUT2D eigenvalue weighted by Crippen LogP contribution is -2.43. The van der Waals surface area contributed by atoms with Crippen LogP contribution < -0.4 is 0 Å². The molecule has 0 spiro atoms. The van der Waals surface area contributed by atoms with Crippen LogP contribution in [0.5, 0.6) is 0 Å². The van der Waals surface area contributed by atoms with Gasteiger partial charge in [0.1, 0.15) is 6.61 Å². The van der Waals surface area contributed by atoms with Crippen LogP contribution in [-0.4, -0.2) is 36.4 Å². The van der Waals surface area contributed by atoms with E-state index in [1.54, 1.807) is 4.90 Å². The first-order valence-corrected chi connectivity index (χ1v) is 6.55. The normalized spacial score (nSPS) is 27.6. The molecule has 1 saturated heterocycles. The monoisotopic (exact) mass is 259 g/mol. The molecule has 3 rings (SSSR count).